The number of hydrogen-bond donors (Lipinski definition) is 1. The largest absolute Gasteiger partial charge is 0.336 e. The van der Waals surface area contributed by atoms with E-state index in [1.54, 1.807) is 0 Å². The molecule has 0 atom stereocenters. The quantitative estimate of drug-likeness (QED) is 0.793. The topological polar surface area (TPSA) is 17.0 Å². The Labute approximate surface area is 103 Å². The molecule has 0 unspecified atom stereocenters. The van der Waals surface area contributed by atoms with Crippen molar-refractivity contribution < 1.29 is 0 Å². The second-order valence-corrected chi connectivity index (χ2v) is 4.04. The summed E-state index contributed by atoms with van der Waals surface area (Å²) in [6.45, 7) is 6.70. The lowest BCUT2D eigenvalue weighted by Gasteiger charge is -2.04. The van der Waals surface area contributed by atoms with Gasteiger partial charge >= 0.3 is 0 Å². The fourth-order valence-corrected chi connectivity index (χ4v) is 1.91. The summed E-state index contributed by atoms with van der Waals surface area (Å²) in [7, 11) is 0. The van der Waals surface area contributed by atoms with E-state index in [9.17, 15) is 0 Å². The summed E-state index contributed by atoms with van der Waals surface area (Å²) in [6.07, 6.45) is 2.10. The molecule has 0 spiro atoms. The van der Waals surface area contributed by atoms with Crippen molar-refractivity contribution >= 4 is 10.9 Å². The third-order valence-electron chi connectivity index (χ3n) is 2.84. The average molecular weight is 226 g/mol. The monoisotopic (exact) mass is 226 g/mol. The number of aromatic nitrogens is 1. The molecule has 1 aromatic heterocycles. The van der Waals surface area contributed by atoms with Gasteiger partial charge in [-0.25, -0.2) is 0 Å². The van der Waals surface area contributed by atoms with Crippen LogP contribution in [-0.2, 0) is 13.1 Å². The smallest absolute Gasteiger partial charge is 0.0837 e. The summed E-state index contributed by atoms with van der Waals surface area (Å²) in [5.41, 5.74) is 2.59. The minimum Gasteiger partial charge on any atom is -0.336 e. The molecule has 88 valence electrons. The van der Waals surface area contributed by atoms with E-state index in [4.69, 9.17) is 0 Å². The van der Waals surface area contributed by atoms with Crippen LogP contribution in [0, 0.1) is 11.8 Å². The molecule has 0 aliphatic carbocycles. The lowest BCUT2D eigenvalue weighted by Crippen LogP contribution is -2.11. The van der Waals surface area contributed by atoms with Gasteiger partial charge in [0.2, 0.25) is 0 Å². The maximum Gasteiger partial charge on any atom is 0.0837 e. The Morgan fingerprint density at radius 1 is 1.29 bits per heavy atom. The van der Waals surface area contributed by atoms with E-state index < -0.39 is 0 Å². The molecule has 0 aliphatic rings. The third kappa shape index (κ3) is 2.69. The van der Waals surface area contributed by atoms with Crippen molar-refractivity contribution in [1.82, 2.24) is 9.88 Å². The van der Waals surface area contributed by atoms with Crippen molar-refractivity contribution in [3.63, 3.8) is 0 Å². The lowest BCUT2D eigenvalue weighted by atomic mass is 10.1. The maximum atomic E-state index is 3.35. The molecule has 1 heterocycles. The van der Waals surface area contributed by atoms with Crippen LogP contribution >= 0.6 is 0 Å². The highest BCUT2D eigenvalue weighted by molar-refractivity contribution is 5.80. The molecule has 0 fully saturated rings. The molecule has 0 radical (unpaired) electrons. The molecule has 17 heavy (non-hydrogen) atoms. The fourth-order valence-electron chi connectivity index (χ4n) is 1.91. The van der Waals surface area contributed by atoms with Crippen LogP contribution in [-0.4, -0.2) is 11.1 Å². The van der Waals surface area contributed by atoms with Gasteiger partial charge in [0.15, 0.2) is 0 Å². The fraction of sp³-hybridized carbons (Fsp3) is 0.333. The summed E-state index contributed by atoms with van der Waals surface area (Å²) in [6, 6.07) is 8.75. The van der Waals surface area contributed by atoms with Crippen molar-refractivity contribution in [1.29, 1.82) is 0 Å². The molecule has 1 N–H and O–H groups in total. The molecular weight excluding hydrogens is 208 g/mol. The van der Waals surface area contributed by atoms with Gasteiger partial charge in [-0.15, -0.1) is 5.92 Å². The van der Waals surface area contributed by atoms with Crippen molar-refractivity contribution in [2.45, 2.75) is 26.9 Å². The lowest BCUT2D eigenvalue weighted by molar-refractivity contribution is 0.727. The summed E-state index contributed by atoms with van der Waals surface area (Å²) < 4.78 is 2.20. The Bertz CT molecular complexity index is 555. The van der Waals surface area contributed by atoms with Gasteiger partial charge in [-0.2, -0.15) is 0 Å². The SMILES string of the molecule is CC#CCn1ccc2ccc(CNCC)cc21. The van der Waals surface area contributed by atoms with E-state index in [1.807, 2.05) is 6.92 Å². The summed E-state index contributed by atoms with van der Waals surface area (Å²) in [5, 5.41) is 4.63. The van der Waals surface area contributed by atoms with E-state index in [0.29, 0.717) is 0 Å². The average Bonchev–Trinajstić information content (AvgIpc) is 2.76. The first kappa shape index (κ1) is 11.8. The van der Waals surface area contributed by atoms with Crippen molar-refractivity contribution in [2.75, 3.05) is 6.54 Å². The van der Waals surface area contributed by atoms with Crippen LogP contribution in [0.3, 0.4) is 0 Å². The second kappa shape index (κ2) is 5.56. The number of fused-ring (bicyclic) bond motifs is 1. The molecule has 0 saturated heterocycles. The second-order valence-electron chi connectivity index (χ2n) is 4.04. The molecule has 0 bridgehead atoms. The minimum atomic E-state index is 0.769. The van der Waals surface area contributed by atoms with Crippen molar-refractivity contribution in [2.24, 2.45) is 0 Å². The van der Waals surface area contributed by atoms with E-state index in [0.717, 1.165) is 19.6 Å². The predicted molar refractivity (Wildman–Crippen MR) is 72.8 cm³/mol. The zero-order chi connectivity index (χ0) is 12.1. The first-order valence-electron chi connectivity index (χ1n) is 6.03. The Kier molecular flexibility index (Phi) is 3.85. The van der Waals surface area contributed by atoms with Gasteiger partial charge in [0.05, 0.1) is 6.54 Å². The molecule has 2 heteroatoms. The van der Waals surface area contributed by atoms with Crippen LogP contribution in [0.5, 0.6) is 0 Å². The van der Waals surface area contributed by atoms with Crippen molar-refractivity contribution in [3.05, 3.63) is 36.0 Å². The highest BCUT2D eigenvalue weighted by atomic mass is 14.9. The molecule has 2 rings (SSSR count). The van der Waals surface area contributed by atoms with Crippen LogP contribution in [0.4, 0.5) is 0 Å². The van der Waals surface area contributed by atoms with Gasteiger partial charge in [-0.3, -0.25) is 0 Å². The van der Waals surface area contributed by atoms with Crippen LogP contribution in [0.25, 0.3) is 10.9 Å². The summed E-state index contributed by atoms with van der Waals surface area (Å²) in [4.78, 5) is 0. The first-order chi connectivity index (χ1) is 8.35. The zero-order valence-electron chi connectivity index (χ0n) is 10.5. The van der Waals surface area contributed by atoms with E-state index in [-0.39, 0.29) is 0 Å². The molecule has 2 nitrogen and oxygen atoms in total. The van der Waals surface area contributed by atoms with Crippen molar-refractivity contribution in [3.8, 4) is 11.8 Å². The van der Waals surface area contributed by atoms with E-state index >= 15 is 0 Å². The van der Waals surface area contributed by atoms with Crippen LogP contribution in [0.1, 0.15) is 19.4 Å². The molecule has 0 aliphatic heterocycles. The van der Waals surface area contributed by atoms with E-state index in [2.05, 4.69) is 59.1 Å². The van der Waals surface area contributed by atoms with Gasteiger partial charge in [0.1, 0.15) is 0 Å². The number of hydrogen-bond acceptors (Lipinski definition) is 1. The Morgan fingerprint density at radius 3 is 2.94 bits per heavy atom. The Hall–Kier alpha value is -1.72. The molecule has 2 aromatic rings. The van der Waals surface area contributed by atoms with Gasteiger partial charge in [-0.05, 0) is 36.6 Å². The molecular formula is C15H18N2. The zero-order valence-corrected chi connectivity index (χ0v) is 10.5. The highest BCUT2D eigenvalue weighted by Crippen LogP contribution is 2.17. The maximum absolute atomic E-state index is 3.35. The number of rotatable bonds is 4. The summed E-state index contributed by atoms with van der Waals surface area (Å²) in [5.74, 6) is 6.04. The molecule has 0 saturated carbocycles. The van der Waals surface area contributed by atoms with E-state index in [1.165, 1.54) is 16.5 Å². The number of nitrogens with one attached hydrogen (secondary N) is 1. The first-order valence-corrected chi connectivity index (χ1v) is 6.03. The van der Waals surface area contributed by atoms with Gasteiger partial charge in [0.25, 0.3) is 0 Å². The van der Waals surface area contributed by atoms with Crippen LogP contribution < -0.4 is 5.32 Å². The highest BCUT2D eigenvalue weighted by Gasteiger charge is 2.01. The van der Waals surface area contributed by atoms with Gasteiger partial charge < -0.3 is 9.88 Å². The van der Waals surface area contributed by atoms with Gasteiger partial charge in [-0.1, -0.05) is 25.0 Å². The van der Waals surface area contributed by atoms with Gasteiger partial charge in [0, 0.05) is 18.3 Å². The van der Waals surface area contributed by atoms with Crippen LogP contribution in [0.2, 0.25) is 0 Å². The Morgan fingerprint density at radius 2 is 2.18 bits per heavy atom. The Balaban J connectivity index is 2.31. The normalized spacial score (nSPS) is 10.2. The standard InChI is InChI=1S/C15H18N2/c1-3-5-9-17-10-8-14-7-6-13(11-15(14)17)12-16-4-2/h6-8,10-11,16H,4,9,12H2,1-2H3. The minimum absolute atomic E-state index is 0.769. The molecule has 0 amide bonds. The number of benzene rings is 1. The number of nitrogens with zero attached hydrogens (tertiary/aromatic N) is 1. The summed E-state index contributed by atoms with van der Waals surface area (Å²) >= 11 is 0. The molecule has 1 aromatic carbocycles. The third-order valence-corrected chi connectivity index (χ3v) is 2.84. The predicted octanol–water partition coefficient (Wildman–Crippen LogP) is 2.77. The van der Waals surface area contributed by atoms with Crippen LogP contribution in [0.15, 0.2) is 30.5 Å².